The highest BCUT2D eigenvalue weighted by Crippen LogP contribution is 2.03. The molecule has 1 aromatic heterocycles. The van der Waals surface area contributed by atoms with Gasteiger partial charge < -0.3 is 10.4 Å². The van der Waals surface area contributed by atoms with Crippen molar-refractivity contribution in [2.24, 2.45) is 0 Å². The molecule has 1 aromatic rings. The van der Waals surface area contributed by atoms with Gasteiger partial charge in [0.15, 0.2) is 0 Å². The molecule has 17 heavy (non-hydrogen) atoms. The lowest BCUT2D eigenvalue weighted by atomic mass is 10.1. The maximum absolute atomic E-state index is 11.6. The van der Waals surface area contributed by atoms with Gasteiger partial charge in [0, 0.05) is 30.1 Å². The van der Waals surface area contributed by atoms with Crippen molar-refractivity contribution < 1.29 is 14.7 Å². The minimum atomic E-state index is -1.08. The average Bonchev–Trinajstić information content (AvgIpc) is 2.79. The summed E-state index contributed by atoms with van der Waals surface area (Å²) in [6.07, 6.45) is 3.44. The highest BCUT2D eigenvalue weighted by atomic mass is 16.4. The fourth-order valence-corrected chi connectivity index (χ4v) is 1.18. The topological polar surface area (TPSA) is 84.2 Å². The Kier molecular flexibility index (Phi) is 4.45. The first kappa shape index (κ1) is 13.0. The highest BCUT2D eigenvalue weighted by molar-refractivity contribution is 6.01. The van der Waals surface area contributed by atoms with E-state index in [0.717, 1.165) is 0 Å². The van der Waals surface area contributed by atoms with E-state index >= 15 is 0 Å². The number of nitrogens with one attached hydrogen (secondary N) is 1. The second kappa shape index (κ2) is 5.83. The van der Waals surface area contributed by atoms with Gasteiger partial charge in [-0.15, -0.1) is 0 Å². The number of carboxylic acid groups (broad SMARTS) is 1. The zero-order valence-corrected chi connectivity index (χ0v) is 9.80. The number of aromatic nitrogens is 2. The fourth-order valence-electron chi connectivity index (χ4n) is 1.18. The number of hydrogen-bond acceptors (Lipinski definition) is 3. The Balaban J connectivity index is 2.45. The van der Waals surface area contributed by atoms with Crippen LogP contribution in [-0.2, 0) is 16.1 Å². The first-order valence-corrected chi connectivity index (χ1v) is 5.18. The third kappa shape index (κ3) is 3.75. The van der Waals surface area contributed by atoms with E-state index in [1.165, 1.54) is 13.8 Å². The number of carbonyl (C=O) groups is 2. The number of nitrogens with zero attached hydrogens (tertiary/aromatic N) is 2. The molecule has 0 unspecified atom stereocenters. The van der Waals surface area contributed by atoms with E-state index in [9.17, 15) is 9.59 Å². The van der Waals surface area contributed by atoms with Gasteiger partial charge in [0.1, 0.15) is 0 Å². The smallest absolute Gasteiger partial charge is 0.331 e. The summed E-state index contributed by atoms with van der Waals surface area (Å²) in [6.45, 7) is 3.86. The molecule has 92 valence electrons. The van der Waals surface area contributed by atoms with Crippen LogP contribution in [0.15, 0.2) is 29.6 Å². The normalized spacial score (nSPS) is 11.9. The van der Waals surface area contributed by atoms with Gasteiger partial charge in [0.25, 0.3) is 0 Å². The molecule has 1 rings (SSSR count). The van der Waals surface area contributed by atoms with Crippen molar-refractivity contribution >= 4 is 11.9 Å². The number of hydrogen-bond donors (Lipinski definition) is 2. The van der Waals surface area contributed by atoms with E-state index in [4.69, 9.17) is 5.11 Å². The largest absolute Gasteiger partial charge is 0.478 e. The Morgan fingerprint density at radius 2 is 2.06 bits per heavy atom. The van der Waals surface area contributed by atoms with Crippen LogP contribution < -0.4 is 5.32 Å². The van der Waals surface area contributed by atoms with Crippen molar-refractivity contribution in [2.75, 3.05) is 6.54 Å². The lowest BCUT2D eigenvalue weighted by Crippen LogP contribution is -2.29. The molecular weight excluding hydrogens is 222 g/mol. The van der Waals surface area contributed by atoms with Crippen molar-refractivity contribution in [1.82, 2.24) is 15.1 Å². The van der Waals surface area contributed by atoms with Crippen LogP contribution in [-0.4, -0.2) is 33.3 Å². The fraction of sp³-hybridized carbons (Fsp3) is 0.364. The Bertz CT molecular complexity index is 435. The van der Waals surface area contributed by atoms with E-state index < -0.39 is 5.97 Å². The van der Waals surface area contributed by atoms with Crippen molar-refractivity contribution in [2.45, 2.75) is 20.4 Å². The molecule has 0 atom stereocenters. The molecule has 0 aliphatic heterocycles. The summed E-state index contributed by atoms with van der Waals surface area (Å²) in [7, 11) is 0. The van der Waals surface area contributed by atoms with Crippen molar-refractivity contribution in [1.29, 1.82) is 0 Å². The van der Waals surface area contributed by atoms with Gasteiger partial charge in [-0.1, -0.05) is 0 Å². The quantitative estimate of drug-likeness (QED) is 0.727. The Morgan fingerprint density at radius 3 is 2.59 bits per heavy atom. The maximum Gasteiger partial charge on any atom is 0.331 e. The average molecular weight is 237 g/mol. The van der Waals surface area contributed by atoms with Gasteiger partial charge in [-0.2, -0.15) is 5.10 Å². The Hall–Kier alpha value is -2.11. The van der Waals surface area contributed by atoms with Crippen LogP contribution in [0.1, 0.15) is 13.8 Å². The first-order valence-electron chi connectivity index (χ1n) is 5.18. The number of aliphatic carboxylic acids is 1. The summed E-state index contributed by atoms with van der Waals surface area (Å²) < 4.78 is 1.68. The van der Waals surface area contributed by atoms with Crippen molar-refractivity contribution in [3.63, 3.8) is 0 Å². The maximum atomic E-state index is 11.6. The lowest BCUT2D eigenvalue weighted by molar-refractivity contribution is -0.133. The van der Waals surface area contributed by atoms with Crippen LogP contribution >= 0.6 is 0 Å². The van der Waals surface area contributed by atoms with Gasteiger partial charge in [-0.25, -0.2) is 4.79 Å². The first-order chi connectivity index (χ1) is 8.02. The summed E-state index contributed by atoms with van der Waals surface area (Å²) in [4.78, 5) is 22.2. The summed E-state index contributed by atoms with van der Waals surface area (Å²) in [6, 6.07) is 1.79. The minimum absolute atomic E-state index is 0.0570. The minimum Gasteiger partial charge on any atom is -0.478 e. The third-order valence-electron chi connectivity index (χ3n) is 2.41. The molecule has 0 saturated heterocycles. The Morgan fingerprint density at radius 1 is 1.35 bits per heavy atom. The number of carboxylic acids is 1. The number of rotatable bonds is 5. The summed E-state index contributed by atoms with van der Waals surface area (Å²) in [5.74, 6) is -1.44. The molecule has 6 heteroatoms. The third-order valence-corrected chi connectivity index (χ3v) is 2.41. The SMILES string of the molecule is CC(C(=O)O)=C(C)C(=O)NCCn1cccn1. The zero-order valence-electron chi connectivity index (χ0n) is 9.80. The predicted octanol–water partition coefficient (Wildman–Crippen LogP) is 0.420. The number of carbonyl (C=O) groups excluding carboxylic acids is 1. The van der Waals surface area contributed by atoms with Gasteiger partial charge in [0.2, 0.25) is 5.91 Å². The van der Waals surface area contributed by atoms with E-state index in [1.807, 2.05) is 0 Å². The summed E-state index contributed by atoms with van der Waals surface area (Å²) in [5, 5.41) is 15.3. The van der Waals surface area contributed by atoms with Gasteiger partial charge in [0.05, 0.1) is 6.54 Å². The van der Waals surface area contributed by atoms with Crippen molar-refractivity contribution in [3.8, 4) is 0 Å². The molecule has 0 fully saturated rings. The molecule has 0 bridgehead atoms. The van der Waals surface area contributed by atoms with Crippen LogP contribution in [0.3, 0.4) is 0 Å². The predicted molar refractivity (Wildman–Crippen MR) is 61.2 cm³/mol. The standard InChI is InChI=1S/C11H15N3O3/c1-8(9(2)11(16)17)10(15)12-5-7-14-6-3-4-13-14/h3-4,6H,5,7H2,1-2H3,(H,12,15)(H,16,17). The van der Waals surface area contributed by atoms with Crippen molar-refractivity contribution in [3.05, 3.63) is 29.6 Å². The van der Waals surface area contributed by atoms with Crippen LogP contribution in [0.5, 0.6) is 0 Å². The second-order valence-electron chi connectivity index (χ2n) is 3.58. The van der Waals surface area contributed by atoms with Crippen LogP contribution in [0, 0.1) is 0 Å². The lowest BCUT2D eigenvalue weighted by Gasteiger charge is -2.07. The van der Waals surface area contributed by atoms with E-state index in [1.54, 1.807) is 23.1 Å². The van der Waals surface area contributed by atoms with Gasteiger partial charge >= 0.3 is 5.97 Å². The molecule has 0 aliphatic carbocycles. The summed E-state index contributed by atoms with van der Waals surface area (Å²) in [5.41, 5.74) is 0.277. The van der Waals surface area contributed by atoms with Crippen LogP contribution in [0.2, 0.25) is 0 Å². The highest BCUT2D eigenvalue weighted by Gasteiger charge is 2.11. The molecule has 1 amide bonds. The molecular formula is C11H15N3O3. The molecule has 0 radical (unpaired) electrons. The van der Waals surface area contributed by atoms with E-state index in [-0.39, 0.29) is 17.1 Å². The molecule has 0 saturated carbocycles. The van der Waals surface area contributed by atoms with Gasteiger partial charge in [-0.3, -0.25) is 9.48 Å². The molecule has 1 heterocycles. The van der Waals surface area contributed by atoms with Crippen LogP contribution in [0.25, 0.3) is 0 Å². The Labute approximate surface area is 98.9 Å². The van der Waals surface area contributed by atoms with E-state index in [2.05, 4.69) is 10.4 Å². The van der Waals surface area contributed by atoms with Gasteiger partial charge in [-0.05, 0) is 19.9 Å². The number of amides is 1. The monoisotopic (exact) mass is 237 g/mol. The van der Waals surface area contributed by atoms with E-state index in [0.29, 0.717) is 13.1 Å². The molecule has 6 nitrogen and oxygen atoms in total. The molecule has 2 N–H and O–H groups in total. The molecule has 0 spiro atoms. The van der Waals surface area contributed by atoms with Crippen LogP contribution in [0.4, 0.5) is 0 Å². The molecule has 0 aromatic carbocycles. The summed E-state index contributed by atoms with van der Waals surface area (Å²) >= 11 is 0. The zero-order chi connectivity index (χ0) is 12.8. The molecule has 0 aliphatic rings. The second-order valence-corrected chi connectivity index (χ2v) is 3.58.